The van der Waals surface area contributed by atoms with Gasteiger partial charge in [0.25, 0.3) is 0 Å². The number of aliphatic hydroxyl groups excluding tert-OH is 1. The molecule has 1 aliphatic rings. The van der Waals surface area contributed by atoms with Crippen LogP contribution >= 0.6 is 0 Å². The molecule has 1 aromatic rings. The van der Waals surface area contributed by atoms with Crippen LogP contribution in [-0.4, -0.2) is 33.6 Å². The predicted molar refractivity (Wildman–Crippen MR) is 77.7 cm³/mol. The van der Waals surface area contributed by atoms with Gasteiger partial charge in [0.1, 0.15) is 5.82 Å². The van der Waals surface area contributed by atoms with Crippen molar-refractivity contribution in [2.24, 2.45) is 7.05 Å². The Hall–Kier alpha value is -1.56. The summed E-state index contributed by atoms with van der Waals surface area (Å²) in [6, 6.07) is 1.38. The molecule has 0 aromatic carbocycles. The first kappa shape index (κ1) is 14.8. The fourth-order valence-electron chi connectivity index (χ4n) is 2.63. The van der Waals surface area contributed by atoms with Crippen LogP contribution in [0.3, 0.4) is 0 Å². The second-order valence-electron chi connectivity index (χ2n) is 5.60. The van der Waals surface area contributed by atoms with Crippen molar-refractivity contribution in [3.8, 4) is 0 Å². The number of aromatic nitrogens is 2. The molecule has 20 heavy (non-hydrogen) atoms. The molecule has 6 heteroatoms. The maximum Gasteiger partial charge on any atom is 0.320 e. The van der Waals surface area contributed by atoms with E-state index in [1.807, 2.05) is 13.1 Å². The summed E-state index contributed by atoms with van der Waals surface area (Å²) in [6.07, 6.45) is 6.21. The summed E-state index contributed by atoms with van der Waals surface area (Å²) in [5, 5.41) is 18.9. The number of anilines is 1. The van der Waals surface area contributed by atoms with Gasteiger partial charge in [0.2, 0.25) is 0 Å². The second kappa shape index (κ2) is 6.74. The van der Waals surface area contributed by atoms with Gasteiger partial charge in [-0.1, -0.05) is 19.3 Å². The van der Waals surface area contributed by atoms with E-state index < -0.39 is 0 Å². The van der Waals surface area contributed by atoms with Gasteiger partial charge in [0.05, 0.1) is 18.3 Å². The Morgan fingerprint density at radius 2 is 2.20 bits per heavy atom. The van der Waals surface area contributed by atoms with Crippen LogP contribution < -0.4 is 10.6 Å². The van der Waals surface area contributed by atoms with Crippen molar-refractivity contribution < 1.29 is 9.90 Å². The van der Waals surface area contributed by atoms with Crippen LogP contribution in [-0.2, 0) is 7.05 Å². The topological polar surface area (TPSA) is 79.2 Å². The van der Waals surface area contributed by atoms with Crippen molar-refractivity contribution in [2.45, 2.75) is 51.0 Å². The number of hydrogen-bond donors (Lipinski definition) is 3. The zero-order valence-electron chi connectivity index (χ0n) is 12.2. The summed E-state index contributed by atoms with van der Waals surface area (Å²) < 4.78 is 1.70. The quantitative estimate of drug-likeness (QED) is 0.789. The molecule has 0 bridgehead atoms. The Bertz CT molecular complexity index is 452. The monoisotopic (exact) mass is 280 g/mol. The SMILES string of the molecule is C[C@@H](CO)NC(=O)Nc1cc(C2CCCCC2)nn1C. The summed E-state index contributed by atoms with van der Waals surface area (Å²) in [4.78, 5) is 11.7. The Balaban J connectivity index is 1.98. The van der Waals surface area contributed by atoms with Crippen LogP contribution in [0.25, 0.3) is 0 Å². The molecule has 0 saturated heterocycles. The number of amides is 2. The van der Waals surface area contributed by atoms with E-state index in [9.17, 15) is 4.79 Å². The molecule has 0 aliphatic heterocycles. The molecule has 0 unspecified atom stereocenters. The zero-order chi connectivity index (χ0) is 14.5. The first-order chi connectivity index (χ1) is 9.60. The Labute approximate surface area is 119 Å². The van der Waals surface area contributed by atoms with Crippen molar-refractivity contribution in [2.75, 3.05) is 11.9 Å². The highest BCUT2D eigenvalue weighted by Gasteiger charge is 2.20. The van der Waals surface area contributed by atoms with Crippen molar-refractivity contribution in [1.29, 1.82) is 0 Å². The van der Waals surface area contributed by atoms with Crippen LogP contribution in [0.2, 0.25) is 0 Å². The van der Waals surface area contributed by atoms with Crippen molar-refractivity contribution in [3.05, 3.63) is 11.8 Å². The molecule has 6 nitrogen and oxygen atoms in total. The summed E-state index contributed by atoms with van der Waals surface area (Å²) in [6.45, 7) is 1.67. The average Bonchev–Trinajstić information content (AvgIpc) is 2.81. The van der Waals surface area contributed by atoms with Gasteiger partial charge in [0, 0.05) is 19.0 Å². The van der Waals surface area contributed by atoms with E-state index in [0.717, 1.165) is 5.69 Å². The Morgan fingerprint density at radius 1 is 1.50 bits per heavy atom. The molecule has 1 atom stereocenters. The number of aryl methyl sites for hydroxylation is 1. The summed E-state index contributed by atoms with van der Waals surface area (Å²) in [5.74, 6) is 1.21. The van der Waals surface area contributed by atoms with E-state index in [1.165, 1.54) is 32.1 Å². The van der Waals surface area contributed by atoms with Crippen LogP contribution in [0, 0.1) is 0 Å². The maximum absolute atomic E-state index is 11.7. The summed E-state index contributed by atoms with van der Waals surface area (Å²) >= 11 is 0. The zero-order valence-corrected chi connectivity index (χ0v) is 12.2. The van der Waals surface area contributed by atoms with Crippen LogP contribution in [0.1, 0.15) is 50.6 Å². The Morgan fingerprint density at radius 3 is 2.85 bits per heavy atom. The number of urea groups is 1. The van der Waals surface area contributed by atoms with Gasteiger partial charge in [-0.05, 0) is 19.8 Å². The van der Waals surface area contributed by atoms with E-state index >= 15 is 0 Å². The highest BCUT2D eigenvalue weighted by atomic mass is 16.3. The number of carbonyl (C=O) groups excluding carboxylic acids is 1. The lowest BCUT2D eigenvalue weighted by molar-refractivity contribution is 0.229. The highest BCUT2D eigenvalue weighted by molar-refractivity contribution is 5.88. The van der Waals surface area contributed by atoms with Gasteiger partial charge < -0.3 is 10.4 Å². The normalized spacial score (nSPS) is 17.8. The molecule has 112 valence electrons. The number of nitrogens with zero attached hydrogens (tertiary/aromatic N) is 2. The maximum atomic E-state index is 11.7. The number of carbonyl (C=O) groups is 1. The molecule has 3 N–H and O–H groups in total. The van der Waals surface area contributed by atoms with E-state index in [2.05, 4.69) is 15.7 Å². The van der Waals surface area contributed by atoms with Crippen molar-refractivity contribution >= 4 is 11.8 Å². The molecule has 1 aromatic heterocycles. The van der Waals surface area contributed by atoms with E-state index in [1.54, 1.807) is 11.6 Å². The minimum absolute atomic E-state index is 0.0773. The molecular formula is C14H24N4O2. The summed E-state index contributed by atoms with van der Waals surface area (Å²) in [7, 11) is 1.83. The van der Waals surface area contributed by atoms with Crippen molar-refractivity contribution in [3.63, 3.8) is 0 Å². The molecule has 0 radical (unpaired) electrons. The molecule has 2 amide bonds. The lowest BCUT2D eigenvalue weighted by Crippen LogP contribution is -2.38. The third kappa shape index (κ3) is 3.72. The smallest absolute Gasteiger partial charge is 0.320 e. The van der Waals surface area contributed by atoms with E-state index in [4.69, 9.17) is 5.11 Å². The molecule has 0 spiro atoms. The van der Waals surface area contributed by atoms with Gasteiger partial charge in [0.15, 0.2) is 0 Å². The molecule has 1 fully saturated rings. The highest BCUT2D eigenvalue weighted by Crippen LogP contribution is 2.32. The van der Waals surface area contributed by atoms with Crippen LogP contribution in [0.4, 0.5) is 10.6 Å². The molecular weight excluding hydrogens is 256 g/mol. The standard InChI is InChI=1S/C14H24N4O2/c1-10(9-19)15-14(20)16-13-8-12(17-18(13)2)11-6-4-3-5-7-11/h8,10-11,19H,3-7,9H2,1-2H3,(H2,15,16,20)/t10-/m0/s1. The fraction of sp³-hybridized carbons (Fsp3) is 0.714. The minimum atomic E-state index is -0.315. The third-order valence-corrected chi connectivity index (χ3v) is 3.82. The average molecular weight is 280 g/mol. The third-order valence-electron chi connectivity index (χ3n) is 3.82. The molecule has 1 saturated carbocycles. The molecule has 1 aliphatic carbocycles. The van der Waals surface area contributed by atoms with Crippen molar-refractivity contribution in [1.82, 2.24) is 15.1 Å². The van der Waals surface area contributed by atoms with E-state index in [-0.39, 0.29) is 18.7 Å². The Kier molecular flexibility index (Phi) is 5.00. The van der Waals surface area contributed by atoms with Gasteiger partial charge in [-0.2, -0.15) is 5.10 Å². The number of rotatable bonds is 4. The lowest BCUT2D eigenvalue weighted by atomic mass is 9.87. The minimum Gasteiger partial charge on any atom is -0.394 e. The van der Waals surface area contributed by atoms with Crippen LogP contribution in [0.5, 0.6) is 0 Å². The molecule has 2 rings (SSSR count). The summed E-state index contributed by atoms with van der Waals surface area (Å²) in [5.41, 5.74) is 1.07. The van der Waals surface area contributed by atoms with E-state index in [0.29, 0.717) is 11.7 Å². The van der Waals surface area contributed by atoms with Gasteiger partial charge >= 0.3 is 6.03 Å². The predicted octanol–water partition coefficient (Wildman–Crippen LogP) is 1.97. The number of hydrogen-bond acceptors (Lipinski definition) is 3. The van der Waals surface area contributed by atoms with Crippen LogP contribution in [0.15, 0.2) is 6.07 Å². The number of nitrogens with one attached hydrogen (secondary N) is 2. The number of aliphatic hydroxyl groups is 1. The largest absolute Gasteiger partial charge is 0.394 e. The second-order valence-corrected chi connectivity index (χ2v) is 5.60. The molecule has 1 heterocycles. The fourth-order valence-corrected chi connectivity index (χ4v) is 2.63. The first-order valence-corrected chi connectivity index (χ1v) is 7.32. The first-order valence-electron chi connectivity index (χ1n) is 7.32. The van der Waals surface area contributed by atoms with Gasteiger partial charge in [-0.3, -0.25) is 10.00 Å². The van der Waals surface area contributed by atoms with Gasteiger partial charge in [-0.15, -0.1) is 0 Å². The lowest BCUT2D eigenvalue weighted by Gasteiger charge is -2.19. The van der Waals surface area contributed by atoms with Gasteiger partial charge in [-0.25, -0.2) is 4.79 Å².